The molecule has 1 aromatic rings. The summed E-state index contributed by atoms with van der Waals surface area (Å²) >= 11 is 0. The Morgan fingerprint density at radius 3 is 2.44 bits per heavy atom. The van der Waals surface area contributed by atoms with Crippen molar-refractivity contribution in [2.24, 2.45) is 28.8 Å². The molecule has 1 saturated heterocycles. The second-order valence-corrected chi connectivity index (χ2v) is 11.6. The van der Waals surface area contributed by atoms with E-state index >= 15 is 0 Å². The number of ether oxygens (including phenoxy) is 3. The van der Waals surface area contributed by atoms with Gasteiger partial charge >= 0.3 is 5.97 Å². The maximum Gasteiger partial charge on any atom is 0.309 e. The minimum atomic E-state index is -0.797. The van der Waals surface area contributed by atoms with Crippen LogP contribution in [0.3, 0.4) is 0 Å². The molecule has 5 atom stereocenters. The Morgan fingerprint density at radius 2 is 1.92 bits per heavy atom. The van der Waals surface area contributed by atoms with Crippen molar-refractivity contribution < 1.29 is 24.1 Å². The van der Waals surface area contributed by atoms with E-state index in [9.17, 15) is 15.4 Å². The Morgan fingerprint density at radius 1 is 1.22 bits per heavy atom. The number of azide groups is 1. The van der Waals surface area contributed by atoms with E-state index in [0.717, 1.165) is 23.3 Å². The van der Waals surface area contributed by atoms with Crippen LogP contribution in [-0.4, -0.2) is 43.5 Å². The van der Waals surface area contributed by atoms with Crippen LogP contribution in [0, 0.1) is 23.7 Å². The third kappa shape index (κ3) is 7.86. The Kier molecular flexibility index (Phi) is 11.1. The van der Waals surface area contributed by atoms with Crippen LogP contribution in [0.5, 0.6) is 5.75 Å². The van der Waals surface area contributed by atoms with Gasteiger partial charge in [-0.3, -0.25) is 4.79 Å². The summed E-state index contributed by atoms with van der Waals surface area (Å²) in [6, 6.07) is 5.37. The van der Waals surface area contributed by atoms with E-state index in [4.69, 9.17) is 14.2 Å². The fourth-order valence-corrected chi connectivity index (χ4v) is 4.89. The van der Waals surface area contributed by atoms with E-state index in [0.29, 0.717) is 26.1 Å². The van der Waals surface area contributed by atoms with Gasteiger partial charge in [0.05, 0.1) is 24.7 Å². The Labute approximate surface area is 216 Å². The average Bonchev–Trinajstić information content (AvgIpc) is 3.19. The first kappa shape index (κ1) is 29.9. The Bertz CT molecular complexity index is 905. The number of cyclic esters (lactones) is 1. The first-order valence-corrected chi connectivity index (χ1v) is 13.1. The van der Waals surface area contributed by atoms with Gasteiger partial charge in [0.2, 0.25) is 0 Å². The summed E-state index contributed by atoms with van der Waals surface area (Å²) < 4.78 is 16.9. The molecule has 0 radical (unpaired) electrons. The number of hydrogen-bond acceptors (Lipinski definition) is 6. The smallest absolute Gasteiger partial charge is 0.309 e. The summed E-state index contributed by atoms with van der Waals surface area (Å²) in [5.41, 5.74) is 10.9. The fourth-order valence-electron chi connectivity index (χ4n) is 4.89. The highest BCUT2D eigenvalue weighted by Gasteiger charge is 2.41. The van der Waals surface area contributed by atoms with Gasteiger partial charge in [0.1, 0.15) is 11.9 Å². The summed E-state index contributed by atoms with van der Waals surface area (Å²) in [6.45, 7) is 15.6. The van der Waals surface area contributed by atoms with E-state index in [1.165, 1.54) is 0 Å². The van der Waals surface area contributed by atoms with Gasteiger partial charge in [0.15, 0.2) is 0 Å². The molecule has 202 valence electrons. The number of hydrogen-bond donors (Lipinski definition) is 1. The van der Waals surface area contributed by atoms with Crippen LogP contribution >= 0.6 is 0 Å². The van der Waals surface area contributed by atoms with Crippen molar-refractivity contribution in [3.05, 3.63) is 39.8 Å². The number of methoxy groups -OCH3 is 1. The van der Waals surface area contributed by atoms with Crippen molar-refractivity contribution in [3.63, 3.8) is 0 Å². The molecule has 36 heavy (non-hydrogen) atoms. The van der Waals surface area contributed by atoms with Crippen LogP contribution in [0.15, 0.2) is 23.3 Å². The predicted octanol–water partition coefficient (Wildman–Crippen LogP) is 6.36. The molecule has 1 aliphatic heterocycles. The largest absolute Gasteiger partial charge is 0.493 e. The van der Waals surface area contributed by atoms with E-state index in [1.54, 1.807) is 7.11 Å². The second kappa shape index (κ2) is 13.3. The van der Waals surface area contributed by atoms with Gasteiger partial charge < -0.3 is 19.3 Å². The molecule has 0 spiro atoms. The van der Waals surface area contributed by atoms with Crippen molar-refractivity contribution in [2.45, 2.75) is 91.4 Å². The third-order valence-corrected chi connectivity index (χ3v) is 7.17. The molecule has 1 aliphatic rings. The lowest BCUT2D eigenvalue weighted by atomic mass is 9.79. The first-order valence-electron chi connectivity index (χ1n) is 13.1. The van der Waals surface area contributed by atoms with Gasteiger partial charge in [-0.05, 0) is 58.7 Å². The molecule has 8 nitrogen and oxygen atoms in total. The van der Waals surface area contributed by atoms with Crippen LogP contribution in [0.25, 0.3) is 10.4 Å². The molecule has 2 rings (SSSR count). The number of rotatable bonds is 13. The van der Waals surface area contributed by atoms with E-state index < -0.39 is 18.2 Å². The lowest BCUT2D eigenvalue weighted by Gasteiger charge is -2.31. The summed E-state index contributed by atoms with van der Waals surface area (Å²) in [5.74, 6) is 0.374. The summed E-state index contributed by atoms with van der Waals surface area (Å²) in [5, 5.41) is 15.5. The minimum absolute atomic E-state index is 0.0998. The number of benzene rings is 1. The molecule has 8 heteroatoms. The van der Waals surface area contributed by atoms with E-state index in [1.807, 2.05) is 45.9 Å². The van der Waals surface area contributed by atoms with Crippen molar-refractivity contribution in [2.75, 3.05) is 20.3 Å². The molecular formula is C28H45N3O5. The molecule has 0 aromatic heterocycles. The number of esters is 1. The minimum Gasteiger partial charge on any atom is -0.493 e. The van der Waals surface area contributed by atoms with Crippen LogP contribution in [0.2, 0.25) is 0 Å². The maximum atomic E-state index is 12.4. The van der Waals surface area contributed by atoms with E-state index in [2.05, 4.69) is 30.8 Å². The van der Waals surface area contributed by atoms with Gasteiger partial charge in [0.25, 0.3) is 0 Å². The van der Waals surface area contributed by atoms with Crippen LogP contribution < -0.4 is 4.74 Å². The van der Waals surface area contributed by atoms with Crippen LogP contribution in [0.1, 0.15) is 85.0 Å². The van der Waals surface area contributed by atoms with Crippen molar-refractivity contribution >= 4 is 5.97 Å². The highest BCUT2D eigenvalue weighted by Crippen LogP contribution is 2.40. The number of carbonyl (C=O) groups excluding carboxylic acids is 1. The van der Waals surface area contributed by atoms with Crippen LogP contribution in [0.4, 0.5) is 0 Å². The molecular weight excluding hydrogens is 458 g/mol. The lowest BCUT2D eigenvalue weighted by molar-refractivity contribution is -0.146. The van der Waals surface area contributed by atoms with Gasteiger partial charge in [-0.15, -0.1) is 0 Å². The predicted molar refractivity (Wildman–Crippen MR) is 141 cm³/mol. The zero-order valence-electron chi connectivity index (χ0n) is 23.2. The summed E-state index contributed by atoms with van der Waals surface area (Å²) in [7, 11) is 1.67. The quantitative estimate of drug-likeness (QED) is 0.111. The van der Waals surface area contributed by atoms with Crippen molar-refractivity contribution in [1.29, 1.82) is 0 Å². The zero-order chi connectivity index (χ0) is 27.0. The van der Waals surface area contributed by atoms with Gasteiger partial charge in [-0.2, -0.15) is 0 Å². The van der Waals surface area contributed by atoms with Gasteiger partial charge in [-0.25, -0.2) is 0 Å². The number of carbonyl (C=O) groups is 1. The standard InChI is InChI=1S/C28H45N3O5/c1-17(2)20(15-23(30-31-29)25-16-21(18(3)4)27(33)36-25)26(32)19-10-11-22(28(5,6)7)24(14-19)35-13-9-12-34-8/h10-11,14,17-18,20-21,23,25-26,32H,9,12-13,15-16H2,1-8H3/t20-,21-,23-,25-,26-/m0/s1. The monoisotopic (exact) mass is 503 g/mol. The molecule has 0 amide bonds. The fraction of sp³-hybridized carbons (Fsp3) is 0.750. The summed E-state index contributed by atoms with van der Waals surface area (Å²) in [4.78, 5) is 15.4. The SMILES string of the molecule is COCCCOc1cc([C@H](O)[C@@H](C[C@H](N=[N+]=[N-])[C@@H]2C[C@@H](C(C)C)C(=O)O2)C(C)C)ccc1C(C)(C)C. The second-order valence-electron chi connectivity index (χ2n) is 11.6. The lowest BCUT2D eigenvalue weighted by Crippen LogP contribution is -2.31. The normalized spacial score (nSPS) is 20.7. The molecule has 1 heterocycles. The molecule has 1 N–H and O–H groups in total. The number of aliphatic hydroxyl groups excluding tert-OH is 1. The summed E-state index contributed by atoms with van der Waals surface area (Å²) in [6.07, 6.45) is 0.441. The van der Waals surface area contributed by atoms with Crippen molar-refractivity contribution in [1.82, 2.24) is 0 Å². The average molecular weight is 504 g/mol. The molecule has 0 saturated carbocycles. The highest BCUT2D eigenvalue weighted by molar-refractivity contribution is 5.75. The zero-order valence-corrected chi connectivity index (χ0v) is 23.2. The maximum absolute atomic E-state index is 12.4. The van der Waals surface area contributed by atoms with Crippen LogP contribution in [-0.2, 0) is 19.7 Å². The first-order chi connectivity index (χ1) is 16.9. The Hall–Kier alpha value is -2.28. The van der Waals surface area contributed by atoms with Gasteiger partial charge in [0, 0.05) is 25.0 Å². The molecule has 0 bridgehead atoms. The molecule has 0 unspecified atom stereocenters. The van der Waals surface area contributed by atoms with Crippen molar-refractivity contribution in [3.8, 4) is 5.75 Å². The van der Waals surface area contributed by atoms with E-state index in [-0.39, 0.29) is 35.1 Å². The Balaban J connectivity index is 2.30. The van der Waals surface area contributed by atoms with Gasteiger partial charge in [-0.1, -0.05) is 65.7 Å². The number of aliphatic hydroxyl groups is 1. The topological polar surface area (TPSA) is 114 Å². The highest BCUT2D eigenvalue weighted by atomic mass is 16.6. The number of nitrogens with zero attached hydrogens (tertiary/aromatic N) is 3. The third-order valence-electron chi connectivity index (χ3n) is 7.17. The molecule has 1 aromatic carbocycles. The molecule has 1 fully saturated rings. The molecule has 0 aliphatic carbocycles.